The lowest BCUT2D eigenvalue weighted by Gasteiger charge is -2.16. The van der Waals surface area contributed by atoms with E-state index in [1.54, 1.807) is 6.08 Å². The summed E-state index contributed by atoms with van der Waals surface area (Å²) in [5, 5.41) is 30.2. The molecule has 0 bridgehead atoms. The Kier molecular flexibility index (Phi) is 7.47. The number of aliphatic hydroxyl groups is 2. The van der Waals surface area contributed by atoms with E-state index in [4.69, 9.17) is 27.7 Å². The Morgan fingerprint density at radius 1 is 1.39 bits per heavy atom. The molecule has 1 saturated heterocycles. The van der Waals surface area contributed by atoms with Crippen molar-refractivity contribution in [3.63, 3.8) is 0 Å². The van der Waals surface area contributed by atoms with Gasteiger partial charge in [0.1, 0.15) is 53.5 Å². The number of rotatable bonds is 9. The summed E-state index contributed by atoms with van der Waals surface area (Å²) >= 11 is 0. The zero-order chi connectivity index (χ0) is 22.5. The van der Waals surface area contributed by atoms with Crippen LogP contribution in [0.3, 0.4) is 0 Å². The van der Waals surface area contributed by atoms with Crippen LogP contribution in [0.25, 0.3) is 11.2 Å². The van der Waals surface area contributed by atoms with E-state index in [9.17, 15) is 15.0 Å². The van der Waals surface area contributed by atoms with Crippen molar-refractivity contribution in [3.8, 4) is 12.3 Å². The van der Waals surface area contributed by atoms with E-state index in [0.717, 1.165) is 0 Å². The molecular weight excluding hydrogens is 424 g/mol. The Bertz CT molecular complexity index is 992. The molecule has 0 spiro atoms. The molecular formula is C19H25N6O5S+. The number of aromatic nitrogens is 4. The van der Waals surface area contributed by atoms with Gasteiger partial charge in [-0.25, -0.2) is 15.0 Å². The Hall–Kier alpha value is -2.69. The second-order valence-corrected chi connectivity index (χ2v) is 9.38. The van der Waals surface area contributed by atoms with Crippen LogP contribution in [0.15, 0.2) is 24.8 Å². The van der Waals surface area contributed by atoms with Crippen LogP contribution in [0.4, 0.5) is 5.82 Å². The first-order valence-electron chi connectivity index (χ1n) is 9.51. The molecule has 0 amide bonds. The summed E-state index contributed by atoms with van der Waals surface area (Å²) in [6.07, 6.45) is 7.67. The molecule has 1 aliphatic heterocycles. The fraction of sp³-hybridized carbons (Fsp3) is 0.474. The SMILES string of the molecule is C#CC=CC[S+](CC[C@@H](N)C(=O)O)C[C@H]1OC(n2cnc3c(N)ncnc32)[C@H](O)[C@H]1O. The number of carbonyl (C=O) groups is 1. The molecule has 3 heterocycles. The number of aliphatic carboxylic acids is 1. The minimum atomic E-state index is -1.22. The van der Waals surface area contributed by atoms with E-state index in [0.29, 0.717) is 28.4 Å². The topological polar surface area (TPSA) is 183 Å². The molecule has 0 saturated carbocycles. The molecule has 2 aromatic heterocycles. The van der Waals surface area contributed by atoms with Crippen LogP contribution in [0.2, 0.25) is 0 Å². The van der Waals surface area contributed by atoms with Gasteiger partial charge in [0.25, 0.3) is 0 Å². The number of allylic oxidation sites excluding steroid dienone is 1. The fourth-order valence-electron chi connectivity index (χ4n) is 3.29. The average molecular weight is 450 g/mol. The largest absolute Gasteiger partial charge is 0.480 e. The van der Waals surface area contributed by atoms with Gasteiger partial charge in [-0.15, -0.1) is 6.42 Å². The van der Waals surface area contributed by atoms with Crippen LogP contribution in [0.5, 0.6) is 0 Å². The number of ether oxygens (including phenoxy) is 1. The molecule has 166 valence electrons. The van der Waals surface area contributed by atoms with Gasteiger partial charge in [-0.3, -0.25) is 9.36 Å². The molecule has 31 heavy (non-hydrogen) atoms. The summed E-state index contributed by atoms with van der Waals surface area (Å²) in [5.41, 5.74) is 12.2. The maximum absolute atomic E-state index is 11.0. The van der Waals surface area contributed by atoms with E-state index in [-0.39, 0.29) is 23.1 Å². The van der Waals surface area contributed by atoms with Crippen molar-refractivity contribution in [3.05, 3.63) is 24.8 Å². The number of hydrogen-bond acceptors (Lipinski definition) is 9. The number of aliphatic hydroxyl groups excluding tert-OH is 2. The van der Waals surface area contributed by atoms with Crippen LogP contribution in [0.1, 0.15) is 12.6 Å². The number of carboxylic acids is 1. The maximum atomic E-state index is 11.0. The number of nitrogen functional groups attached to an aromatic ring is 1. The van der Waals surface area contributed by atoms with Crippen molar-refractivity contribution >= 4 is 33.8 Å². The van der Waals surface area contributed by atoms with Gasteiger partial charge in [0.2, 0.25) is 0 Å². The van der Waals surface area contributed by atoms with Crippen LogP contribution in [-0.2, 0) is 20.4 Å². The molecule has 6 atom stereocenters. The number of fused-ring (bicyclic) bond motifs is 1. The van der Waals surface area contributed by atoms with Gasteiger partial charge in [0.15, 0.2) is 17.7 Å². The first-order chi connectivity index (χ1) is 14.8. The van der Waals surface area contributed by atoms with Crippen LogP contribution in [-0.4, -0.2) is 82.4 Å². The molecule has 1 fully saturated rings. The van der Waals surface area contributed by atoms with E-state index >= 15 is 0 Å². The smallest absolute Gasteiger partial charge is 0.320 e. The van der Waals surface area contributed by atoms with Gasteiger partial charge in [0.05, 0.1) is 6.33 Å². The monoisotopic (exact) mass is 449 g/mol. The first kappa shape index (κ1) is 23.0. The van der Waals surface area contributed by atoms with E-state index < -0.39 is 36.6 Å². The summed E-state index contributed by atoms with van der Waals surface area (Å²) in [6.45, 7) is 0. The molecule has 12 heteroatoms. The molecule has 0 radical (unpaired) electrons. The summed E-state index contributed by atoms with van der Waals surface area (Å²) in [7, 11) is -0.373. The molecule has 0 aromatic carbocycles. The zero-order valence-corrected chi connectivity index (χ0v) is 17.4. The highest BCUT2D eigenvalue weighted by atomic mass is 32.2. The highest BCUT2D eigenvalue weighted by Crippen LogP contribution is 2.33. The Labute approximate surface area is 181 Å². The lowest BCUT2D eigenvalue weighted by atomic mass is 10.1. The highest BCUT2D eigenvalue weighted by molar-refractivity contribution is 7.97. The molecule has 7 N–H and O–H groups in total. The lowest BCUT2D eigenvalue weighted by molar-refractivity contribution is -0.138. The number of hydrogen-bond donors (Lipinski definition) is 5. The molecule has 11 nitrogen and oxygen atoms in total. The highest BCUT2D eigenvalue weighted by Gasteiger charge is 2.47. The van der Waals surface area contributed by atoms with Gasteiger partial charge < -0.3 is 31.5 Å². The molecule has 0 aliphatic carbocycles. The molecule has 2 unspecified atom stereocenters. The quantitative estimate of drug-likeness (QED) is 0.226. The second kappa shape index (κ2) is 10.1. The number of terminal acetylenes is 1. The van der Waals surface area contributed by atoms with Crippen molar-refractivity contribution in [2.24, 2.45) is 5.73 Å². The number of imidazole rings is 1. The van der Waals surface area contributed by atoms with Crippen LogP contribution >= 0.6 is 0 Å². The van der Waals surface area contributed by atoms with Gasteiger partial charge in [0, 0.05) is 6.42 Å². The van der Waals surface area contributed by atoms with Crippen molar-refractivity contribution in [1.82, 2.24) is 19.5 Å². The van der Waals surface area contributed by atoms with Crippen LogP contribution < -0.4 is 11.5 Å². The fourth-order valence-corrected chi connectivity index (χ4v) is 5.45. The average Bonchev–Trinajstić information content (AvgIpc) is 3.29. The number of anilines is 1. The van der Waals surface area contributed by atoms with E-state index in [2.05, 4.69) is 20.9 Å². The summed E-state index contributed by atoms with van der Waals surface area (Å²) in [5.74, 6) is 3.06. The molecule has 1 aliphatic rings. The molecule has 2 aromatic rings. The predicted octanol–water partition coefficient (Wildman–Crippen LogP) is -1.36. The predicted molar refractivity (Wildman–Crippen MR) is 116 cm³/mol. The maximum Gasteiger partial charge on any atom is 0.320 e. The second-order valence-electron chi connectivity index (χ2n) is 7.08. The van der Waals surface area contributed by atoms with Crippen molar-refractivity contribution < 1.29 is 24.9 Å². The lowest BCUT2D eigenvalue weighted by Crippen LogP contribution is -2.38. The third kappa shape index (κ3) is 5.15. The normalized spacial score (nSPS) is 25.6. The van der Waals surface area contributed by atoms with Crippen molar-refractivity contribution in [2.75, 3.05) is 23.0 Å². The number of carboxylic acid groups (broad SMARTS) is 1. The Balaban J connectivity index is 1.74. The summed E-state index contributed by atoms with van der Waals surface area (Å²) in [6, 6.07) is -0.971. The van der Waals surface area contributed by atoms with Gasteiger partial charge in [-0.1, -0.05) is 5.92 Å². The van der Waals surface area contributed by atoms with Crippen molar-refractivity contribution in [2.45, 2.75) is 37.0 Å². The van der Waals surface area contributed by atoms with E-state index in [1.807, 2.05) is 6.08 Å². The van der Waals surface area contributed by atoms with Crippen molar-refractivity contribution in [1.29, 1.82) is 0 Å². The minimum absolute atomic E-state index is 0.199. The van der Waals surface area contributed by atoms with E-state index in [1.165, 1.54) is 17.2 Å². The first-order valence-corrected chi connectivity index (χ1v) is 11.2. The van der Waals surface area contributed by atoms with Gasteiger partial charge in [-0.05, 0) is 23.0 Å². The zero-order valence-electron chi connectivity index (χ0n) is 16.6. The minimum Gasteiger partial charge on any atom is -0.480 e. The van der Waals surface area contributed by atoms with Gasteiger partial charge >= 0.3 is 5.97 Å². The standard InChI is InChI=1S/C19H24N6O5S/c1-2-3-4-6-31(7-5-11(20)19(28)29)8-12-14(26)15(27)18(30-12)25-10-24-13-16(21)22-9-23-17(13)25/h1,3-4,9-12,14-15,18,26-27H,5-8,20H2,(H2-,21,22,23,28,29)/p+1/t11-,12-,14+,15-,18?,31?/m1/s1. The Morgan fingerprint density at radius 2 is 2.16 bits per heavy atom. The molecule has 3 rings (SSSR count). The summed E-state index contributed by atoms with van der Waals surface area (Å²) in [4.78, 5) is 23.2. The summed E-state index contributed by atoms with van der Waals surface area (Å²) < 4.78 is 7.50. The third-order valence-electron chi connectivity index (χ3n) is 4.98. The Morgan fingerprint density at radius 3 is 2.87 bits per heavy atom. The van der Waals surface area contributed by atoms with Crippen LogP contribution in [0, 0.1) is 12.3 Å². The van der Waals surface area contributed by atoms with Gasteiger partial charge in [-0.2, -0.15) is 0 Å². The number of nitrogens with zero attached hydrogens (tertiary/aromatic N) is 4. The third-order valence-corrected chi connectivity index (χ3v) is 7.26. The number of nitrogens with two attached hydrogens (primary N) is 2.